The molecule has 0 spiro atoms. The van der Waals surface area contributed by atoms with E-state index in [-0.39, 0.29) is 37.0 Å². The smallest absolute Gasteiger partial charge is 0.339 e. The number of amides is 1. The number of rotatable bonds is 6. The van der Waals surface area contributed by atoms with E-state index in [9.17, 15) is 9.59 Å². The predicted molar refractivity (Wildman–Crippen MR) is 110 cm³/mol. The number of hydrogen-bond acceptors (Lipinski definition) is 6. The van der Waals surface area contributed by atoms with E-state index in [0.717, 1.165) is 29.4 Å². The van der Waals surface area contributed by atoms with Gasteiger partial charge in [-0.1, -0.05) is 0 Å². The Morgan fingerprint density at radius 2 is 2.14 bits per heavy atom. The van der Waals surface area contributed by atoms with Crippen LogP contribution in [-0.2, 0) is 17.6 Å². The van der Waals surface area contributed by atoms with E-state index in [4.69, 9.17) is 19.0 Å². The van der Waals surface area contributed by atoms with Gasteiger partial charge in [0.25, 0.3) is 0 Å². The van der Waals surface area contributed by atoms with Crippen LogP contribution in [0.3, 0.4) is 0 Å². The molecule has 7 nitrogen and oxygen atoms in total. The Labute approximate surface area is 170 Å². The molecular weight excluding hydrogens is 374 g/mol. The lowest BCUT2D eigenvalue weighted by Gasteiger charge is -2.33. The number of hydrogen-bond donors (Lipinski definition) is 2. The van der Waals surface area contributed by atoms with Gasteiger partial charge in [-0.05, 0) is 52.5 Å². The average molecular weight is 403 g/mol. The number of methoxy groups -OCH3 is 1. The quantitative estimate of drug-likeness (QED) is 0.720. The van der Waals surface area contributed by atoms with Crippen molar-refractivity contribution in [3.63, 3.8) is 0 Å². The Balaban J connectivity index is 2.03. The zero-order valence-electron chi connectivity index (χ0n) is 17.7. The molecule has 1 unspecified atom stereocenters. The minimum absolute atomic E-state index is 0.131. The standard InChI is InChI=1S/C22H29NO6/c1-12(11-24)23-18(25)7-6-14-13(2)19-17(27-5)10-16-15(20(19)28-21(14)26)8-9-22(3,4)29-16/h10,12,24H,6-9,11H2,1-5H3,(H,23,25). The second-order valence-electron chi connectivity index (χ2n) is 8.27. The molecule has 2 heterocycles. The summed E-state index contributed by atoms with van der Waals surface area (Å²) in [4.78, 5) is 24.8. The van der Waals surface area contributed by atoms with E-state index in [1.807, 2.05) is 26.8 Å². The van der Waals surface area contributed by atoms with Gasteiger partial charge in [0.15, 0.2) is 0 Å². The highest BCUT2D eigenvalue weighted by atomic mass is 16.5. The number of aliphatic hydroxyl groups is 1. The van der Waals surface area contributed by atoms with Gasteiger partial charge < -0.3 is 24.3 Å². The van der Waals surface area contributed by atoms with E-state index < -0.39 is 5.63 Å². The molecule has 1 atom stereocenters. The highest BCUT2D eigenvalue weighted by Gasteiger charge is 2.31. The Bertz CT molecular complexity index is 991. The molecule has 7 heteroatoms. The van der Waals surface area contributed by atoms with Gasteiger partial charge in [-0.3, -0.25) is 4.79 Å². The van der Waals surface area contributed by atoms with Crippen molar-refractivity contribution in [3.05, 3.63) is 33.2 Å². The Kier molecular flexibility index (Phi) is 5.89. The lowest BCUT2D eigenvalue weighted by molar-refractivity contribution is -0.121. The first kappa shape index (κ1) is 21.2. The Hall–Kier alpha value is -2.54. The third-order valence-electron chi connectivity index (χ3n) is 5.44. The minimum atomic E-state index is -0.446. The molecule has 0 aliphatic carbocycles. The molecule has 2 aromatic rings. The summed E-state index contributed by atoms with van der Waals surface area (Å²) in [6, 6.07) is 1.53. The molecule has 3 rings (SSSR count). The molecular formula is C22H29NO6. The Morgan fingerprint density at radius 3 is 2.79 bits per heavy atom. The summed E-state index contributed by atoms with van der Waals surface area (Å²) in [7, 11) is 1.57. The number of benzene rings is 1. The van der Waals surface area contributed by atoms with Crippen molar-refractivity contribution in [2.24, 2.45) is 0 Å². The van der Waals surface area contributed by atoms with E-state index in [1.54, 1.807) is 14.0 Å². The van der Waals surface area contributed by atoms with Gasteiger partial charge in [-0.15, -0.1) is 0 Å². The van der Waals surface area contributed by atoms with Crippen LogP contribution in [0.1, 0.15) is 50.3 Å². The first-order chi connectivity index (χ1) is 13.7. The van der Waals surface area contributed by atoms with Crippen LogP contribution in [0.25, 0.3) is 11.0 Å². The number of fused-ring (bicyclic) bond motifs is 3. The normalized spacial score (nSPS) is 16.1. The summed E-state index contributed by atoms with van der Waals surface area (Å²) in [5, 5.41) is 12.5. The van der Waals surface area contributed by atoms with Crippen LogP contribution in [0.4, 0.5) is 0 Å². The maximum absolute atomic E-state index is 12.7. The zero-order valence-corrected chi connectivity index (χ0v) is 17.7. The fraction of sp³-hybridized carbons (Fsp3) is 0.545. The minimum Gasteiger partial charge on any atom is -0.496 e. The predicted octanol–water partition coefficient (Wildman–Crippen LogP) is 2.64. The lowest BCUT2D eigenvalue weighted by Crippen LogP contribution is -2.35. The van der Waals surface area contributed by atoms with Crippen molar-refractivity contribution >= 4 is 16.9 Å². The first-order valence-electron chi connectivity index (χ1n) is 9.92. The molecule has 1 aromatic heterocycles. The van der Waals surface area contributed by atoms with Gasteiger partial charge in [0, 0.05) is 29.7 Å². The summed E-state index contributed by atoms with van der Waals surface area (Å²) in [6.07, 6.45) is 1.94. The van der Waals surface area contributed by atoms with Gasteiger partial charge >= 0.3 is 5.63 Å². The summed E-state index contributed by atoms with van der Waals surface area (Å²) < 4.78 is 17.4. The highest BCUT2D eigenvalue weighted by Crippen LogP contribution is 2.43. The van der Waals surface area contributed by atoms with Crippen molar-refractivity contribution in [1.29, 1.82) is 0 Å². The fourth-order valence-electron chi connectivity index (χ4n) is 3.76. The molecule has 1 aliphatic heterocycles. The van der Waals surface area contributed by atoms with Gasteiger partial charge in [0.1, 0.15) is 22.7 Å². The number of aryl methyl sites for hydroxylation is 2. The van der Waals surface area contributed by atoms with Crippen molar-refractivity contribution < 1.29 is 23.8 Å². The molecule has 1 amide bonds. The second-order valence-corrected chi connectivity index (χ2v) is 8.27. The summed E-state index contributed by atoms with van der Waals surface area (Å²) >= 11 is 0. The molecule has 1 aliphatic rings. The van der Waals surface area contributed by atoms with Crippen LogP contribution in [0, 0.1) is 6.92 Å². The van der Waals surface area contributed by atoms with Gasteiger partial charge in [0.05, 0.1) is 19.1 Å². The molecule has 0 radical (unpaired) electrons. The van der Waals surface area contributed by atoms with Crippen molar-refractivity contribution in [2.45, 2.75) is 65.0 Å². The van der Waals surface area contributed by atoms with E-state index >= 15 is 0 Å². The summed E-state index contributed by atoms with van der Waals surface area (Å²) in [5.41, 5.74) is 1.85. The van der Waals surface area contributed by atoms with Crippen LogP contribution in [0.2, 0.25) is 0 Å². The van der Waals surface area contributed by atoms with E-state index in [1.165, 1.54) is 0 Å². The van der Waals surface area contributed by atoms with E-state index in [0.29, 0.717) is 22.6 Å². The number of ether oxygens (including phenoxy) is 2. The number of aliphatic hydroxyl groups excluding tert-OH is 1. The second kappa shape index (κ2) is 8.06. The summed E-state index contributed by atoms with van der Waals surface area (Å²) in [6.45, 7) is 7.49. The number of carbonyl (C=O) groups excluding carboxylic acids is 1. The fourth-order valence-corrected chi connectivity index (χ4v) is 3.76. The molecule has 1 aromatic carbocycles. The van der Waals surface area contributed by atoms with Crippen molar-refractivity contribution in [3.8, 4) is 11.5 Å². The third-order valence-corrected chi connectivity index (χ3v) is 5.44. The zero-order chi connectivity index (χ0) is 21.3. The topological polar surface area (TPSA) is 98.0 Å². The maximum Gasteiger partial charge on any atom is 0.339 e. The van der Waals surface area contributed by atoms with Gasteiger partial charge in [-0.25, -0.2) is 4.79 Å². The molecule has 0 saturated heterocycles. The largest absolute Gasteiger partial charge is 0.496 e. The Morgan fingerprint density at radius 1 is 1.41 bits per heavy atom. The van der Waals surface area contributed by atoms with Crippen LogP contribution < -0.4 is 20.4 Å². The molecule has 0 bridgehead atoms. The van der Waals surface area contributed by atoms with Crippen LogP contribution in [0.5, 0.6) is 11.5 Å². The maximum atomic E-state index is 12.7. The van der Waals surface area contributed by atoms with Gasteiger partial charge in [-0.2, -0.15) is 0 Å². The molecule has 0 fully saturated rings. The molecule has 2 N–H and O–H groups in total. The first-order valence-corrected chi connectivity index (χ1v) is 9.92. The van der Waals surface area contributed by atoms with Crippen LogP contribution in [-0.4, -0.2) is 36.4 Å². The van der Waals surface area contributed by atoms with Crippen molar-refractivity contribution in [2.75, 3.05) is 13.7 Å². The van der Waals surface area contributed by atoms with Crippen LogP contribution in [0.15, 0.2) is 15.3 Å². The lowest BCUT2D eigenvalue weighted by atomic mass is 9.91. The number of carbonyl (C=O) groups is 1. The third kappa shape index (κ3) is 4.24. The van der Waals surface area contributed by atoms with E-state index in [2.05, 4.69) is 5.32 Å². The SMILES string of the molecule is COc1cc2c(c3oc(=O)c(CCC(=O)NC(C)CO)c(C)c13)CCC(C)(C)O2. The summed E-state index contributed by atoms with van der Waals surface area (Å²) in [5.74, 6) is 1.04. The van der Waals surface area contributed by atoms with Gasteiger partial charge in [0.2, 0.25) is 5.91 Å². The highest BCUT2D eigenvalue weighted by molar-refractivity contribution is 5.92. The molecule has 29 heavy (non-hydrogen) atoms. The number of nitrogens with one attached hydrogen (secondary N) is 1. The van der Waals surface area contributed by atoms with Crippen molar-refractivity contribution in [1.82, 2.24) is 5.32 Å². The monoisotopic (exact) mass is 403 g/mol. The molecule has 0 saturated carbocycles. The molecule has 158 valence electrons. The van der Waals surface area contributed by atoms with Crippen LogP contribution >= 0.6 is 0 Å². The average Bonchev–Trinajstić information content (AvgIpc) is 2.65.